The first kappa shape index (κ1) is 18.6. The highest BCUT2D eigenvalue weighted by Gasteiger charge is 2.10. The van der Waals surface area contributed by atoms with E-state index in [4.69, 9.17) is 4.74 Å². The van der Waals surface area contributed by atoms with Gasteiger partial charge in [-0.15, -0.1) is 0 Å². The van der Waals surface area contributed by atoms with Gasteiger partial charge in [0, 0.05) is 28.2 Å². The Labute approximate surface area is 147 Å². The lowest BCUT2D eigenvalue weighted by atomic mass is 10.2. The van der Waals surface area contributed by atoms with Gasteiger partial charge in [0.15, 0.2) is 5.82 Å². The van der Waals surface area contributed by atoms with Crippen molar-refractivity contribution in [2.75, 3.05) is 44.6 Å². The molecule has 1 aromatic heterocycles. The van der Waals surface area contributed by atoms with E-state index in [0.29, 0.717) is 24.3 Å². The van der Waals surface area contributed by atoms with E-state index < -0.39 is 0 Å². The maximum absolute atomic E-state index is 11.9. The molecule has 1 heterocycles. The van der Waals surface area contributed by atoms with E-state index in [0.717, 1.165) is 5.56 Å². The molecule has 0 atom stereocenters. The number of carbonyl (C=O) groups is 1. The smallest absolute Gasteiger partial charge is 0.246 e. The van der Waals surface area contributed by atoms with Crippen LogP contribution in [0.1, 0.15) is 11.4 Å². The van der Waals surface area contributed by atoms with Gasteiger partial charge in [-0.25, -0.2) is 0 Å². The molecule has 25 heavy (non-hydrogen) atoms. The van der Waals surface area contributed by atoms with E-state index >= 15 is 0 Å². The van der Waals surface area contributed by atoms with Gasteiger partial charge in [0.2, 0.25) is 17.8 Å². The van der Waals surface area contributed by atoms with Gasteiger partial charge in [-0.2, -0.15) is 15.0 Å². The third kappa shape index (κ3) is 6.00. The van der Waals surface area contributed by atoms with Crippen LogP contribution in [0.4, 0.5) is 11.9 Å². The SMILES string of the molecule is CN(C)c1nc(CNC(=O)COCc2ccccc2)nc(N(C)C)n1. The van der Waals surface area contributed by atoms with E-state index in [9.17, 15) is 4.79 Å². The van der Waals surface area contributed by atoms with Crippen LogP contribution in [-0.2, 0) is 22.7 Å². The van der Waals surface area contributed by atoms with Gasteiger partial charge in [-0.3, -0.25) is 4.79 Å². The quantitative estimate of drug-likeness (QED) is 0.759. The maximum Gasteiger partial charge on any atom is 0.246 e. The zero-order valence-corrected chi connectivity index (χ0v) is 15.1. The molecule has 0 saturated heterocycles. The van der Waals surface area contributed by atoms with Crippen molar-refractivity contribution in [3.8, 4) is 0 Å². The summed E-state index contributed by atoms with van der Waals surface area (Å²) in [5, 5.41) is 2.76. The Morgan fingerprint density at radius 2 is 1.60 bits per heavy atom. The van der Waals surface area contributed by atoms with Gasteiger partial charge in [-0.1, -0.05) is 30.3 Å². The average molecular weight is 344 g/mol. The Morgan fingerprint density at radius 3 is 2.16 bits per heavy atom. The molecule has 0 aliphatic carbocycles. The molecule has 8 heteroatoms. The predicted octanol–water partition coefficient (Wildman–Crippen LogP) is 0.837. The van der Waals surface area contributed by atoms with Gasteiger partial charge in [-0.05, 0) is 5.56 Å². The van der Waals surface area contributed by atoms with Gasteiger partial charge >= 0.3 is 0 Å². The number of carbonyl (C=O) groups excluding carboxylic acids is 1. The number of rotatable bonds is 8. The standard InChI is InChI=1S/C17H24N6O2/c1-22(2)16-19-14(20-17(21-16)23(3)4)10-18-15(24)12-25-11-13-8-6-5-7-9-13/h5-9H,10-12H2,1-4H3,(H,18,24). The molecular formula is C17H24N6O2. The monoisotopic (exact) mass is 344 g/mol. The average Bonchev–Trinajstić information content (AvgIpc) is 2.60. The van der Waals surface area contributed by atoms with Crippen molar-refractivity contribution < 1.29 is 9.53 Å². The number of anilines is 2. The molecule has 0 spiro atoms. The minimum absolute atomic E-state index is 0.0128. The van der Waals surface area contributed by atoms with Crippen LogP contribution in [0.5, 0.6) is 0 Å². The van der Waals surface area contributed by atoms with Crippen molar-refractivity contribution in [1.82, 2.24) is 20.3 Å². The van der Waals surface area contributed by atoms with Gasteiger partial charge in [0.1, 0.15) is 6.61 Å². The highest BCUT2D eigenvalue weighted by Crippen LogP contribution is 2.10. The fraction of sp³-hybridized carbons (Fsp3) is 0.412. The summed E-state index contributed by atoms with van der Waals surface area (Å²) in [4.78, 5) is 28.5. The summed E-state index contributed by atoms with van der Waals surface area (Å²) in [5.74, 6) is 1.37. The topological polar surface area (TPSA) is 83.5 Å². The molecule has 134 valence electrons. The molecule has 0 saturated carbocycles. The fourth-order valence-corrected chi connectivity index (χ4v) is 1.94. The molecule has 0 bridgehead atoms. The summed E-state index contributed by atoms with van der Waals surface area (Å²) in [6.45, 7) is 0.606. The van der Waals surface area contributed by atoms with Crippen LogP contribution < -0.4 is 15.1 Å². The van der Waals surface area contributed by atoms with E-state index in [2.05, 4.69) is 20.3 Å². The summed E-state index contributed by atoms with van der Waals surface area (Å²) >= 11 is 0. The van der Waals surface area contributed by atoms with Crippen molar-refractivity contribution >= 4 is 17.8 Å². The third-order valence-electron chi connectivity index (χ3n) is 3.25. The van der Waals surface area contributed by atoms with Crippen molar-refractivity contribution in [3.63, 3.8) is 0 Å². The summed E-state index contributed by atoms with van der Waals surface area (Å²) in [6.07, 6.45) is 0. The van der Waals surface area contributed by atoms with Gasteiger partial charge in [0.25, 0.3) is 0 Å². The van der Waals surface area contributed by atoms with Crippen LogP contribution in [0, 0.1) is 0 Å². The normalized spacial score (nSPS) is 10.4. The molecule has 1 aromatic carbocycles. The van der Waals surface area contributed by atoms with Crippen LogP contribution in [0.3, 0.4) is 0 Å². The van der Waals surface area contributed by atoms with E-state index in [1.54, 1.807) is 9.80 Å². The lowest BCUT2D eigenvalue weighted by Gasteiger charge is -2.16. The van der Waals surface area contributed by atoms with Crippen LogP contribution in [-0.4, -0.2) is 55.7 Å². The molecule has 2 aromatic rings. The minimum Gasteiger partial charge on any atom is -0.367 e. The lowest BCUT2D eigenvalue weighted by Crippen LogP contribution is -2.29. The Bertz CT molecular complexity index is 665. The van der Waals surface area contributed by atoms with Crippen LogP contribution in [0.15, 0.2) is 30.3 Å². The van der Waals surface area contributed by atoms with Crippen molar-refractivity contribution in [2.45, 2.75) is 13.2 Å². The summed E-state index contributed by atoms with van der Waals surface area (Å²) in [7, 11) is 7.42. The van der Waals surface area contributed by atoms with Crippen LogP contribution >= 0.6 is 0 Å². The van der Waals surface area contributed by atoms with Gasteiger partial charge < -0.3 is 19.9 Å². The molecule has 1 N–H and O–H groups in total. The van der Waals surface area contributed by atoms with Crippen LogP contribution in [0.2, 0.25) is 0 Å². The zero-order valence-electron chi connectivity index (χ0n) is 15.1. The first-order chi connectivity index (χ1) is 12.0. The predicted molar refractivity (Wildman–Crippen MR) is 96.4 cm³/mol. The second-order valence-electron chi connectivity index (χ2n) is 5.90. The molecule has 0 fully saturated rings. The van der Waals surface area contributed by atoms with Gasteiger partial charge in [0.05, 0.1) is 13.2 Å². The number of aromatic nitrogens is 3. The second-order valence-corrected chi connectivity index (χ2v) is 5.90. The number of nitrogens with zero attached hydrogens (tertiary/aromatic N) is 5. The zero-order chi connectivity index (χ0) is 18.2. The Morgan fingerprint density at radius 1 is 1.00 bits per heavy atom. The van der Waals surface area contributed by atoms with Crippen molar-refractivity contribution in [3.05, 3.63) is 41.7 Å². The van der Waals surface area contributed by atoms with Crippen molar-refractivity contribution in [2.24, 2.45) is 0 Å². The molecule has 0 aliphatic heterocycles. The fourth-order valence-electron chi connectivity index (χ4n) is 1.94. The van der Waals surface area contributed by atoms with E-state index in [-0.39, 0.29) is 19.1 Å². The summed E-state index contributed by atoms with van der Waals surface area (Å²) in [6, 6.07) is 9.71. The van der Waals surface area contributed by atoms with Crippen LogP contribution in [0.25, 0.3) is 0 Å². The lowest BCUT2D eigenvalue weighted by molar-refractivity contribution is -0.126. The number of hydrogen-bond acceptors (Lipinski definition) is 7. The highest BCUT2D eigenvalue weighted by atomic mass is 16.5. The molecule has 1 amide bonds. The third-order valence-corrected chi connectivity index (χ3v) is 3.25. The number of benzene rings is 1. The van der Waals surface area contributed by atoms with E-state index in [1.807, 2.05) is 58.5 Å². The molecule has 2 rings (SSSR count). The van der Waals surface area contributed by atoms with E-state index in [1.165, 1.54) is 0 Å². The number of nitrogens with one attached hydrogen (secondary N) is 1. The van der Waals surface area contributed by atoms with Crippen molar-refractivity contribution in [1.29, 1.82) is 0 Å². The molecule has 0 radical (unpaired) electrons. The summed E-state index contributed by atoms with van der Waals surface area (Å²) in [5.41, 5.74) is 1.03. The highest BCUT2D eigenvalue weighted by molar-refractivity contribution is 5.77. The maximum atomic E-state index is 11.9. The number of hydrogen-bond donors (Lipinski definition) is 1. The second kappa shape index (κ2) is 8.93. The molecular weight excluding hydrogens is 320 g/mol. The number of ether oxygens (including phenoxy) is 1. The Balaban J connectivity index is 1.86. The Hall–Kier alpha value is -2.74. The largest absolute Gasteiger partial charge is 0.367 e. The Kier molecular flexibility index (Phi) is 6.64. The molecule has 0 aliphatic rings. The number of amides is 1. The summed E-state index contributed by atoms with van der Waals surface area (Å²) < 4.78 is 5.41. The first-order valence-electron chi connectivity index (χ1n) is 7.93. The first-order valence-corrected chi connectivity index (χ1v) is 7.93. The molecule has 8 nitrogen and oxygen atoms in total. The minimum atomic E-state index is -0.214. The molecule has 0 unspecified atom stereocenters.